The van der Waals surface area contributed by atoms with Gasteiger partial charge in [-0.1, -0.05) is 0 Å². The lowest BCUT2D eigenvalue weighted by Crippen LogP contribution is -2.36. The van der Waals surface area contributed by atoms with Crippen LogP contribution in [0.5, 0.6) is 11.5 Å². The smallest absolute Gasteiger partial charge is 0.234 e. The number of benzene rings is 1. The third-order valence-corrected chi connectivity index (χ3v) is 2.22. The summed E-state index contributed by atoms with van der Waals surface area (Å²) in [4.78, 5) is 11.3. The average Bonchev–Trinajstić information content (AvgIpc) is 2.34. The number of amides is 1. The Kier molecular flexibility index (Phi) is 6.00. The van der Waals surface area contributed by atoms with Crippen molar-refractivity contribution in [3.05, 3.63) is 24.3 Å². The second-order valence-corrected chi connectivity index (χ2v) is 4.06. The van der Waals surface area contributed by atoms with Crippen LogP contribution in [0.25, 0.3) is 0 Å². The van der Waals surface area contributed by atoms with Crippen molar-refractivity contribution in [2.75, 3.05) is 27.8 Å². The fourth-order valence-corrected chi connectivity index (χ4v) is 1.40. The minimum Gasteiger partial charge on any atom is -0.497 e. The van der Waals surface area contributed by atoms with Gasteiger partial charge in [-0.2, -0.15) is 0 Å². The fourth-order valence-electron chi connectivity index (χ4n) is 1.40. The molecule has 1 N–H and O–H groups in total. The first-order valence-corrected chi connectivity index (χ1v) is 5.85. The van der Waals surface area contributed by atoms with E-state index in [0.29, 0.717) is 19.4 Å². The van der Waals surface area contributed by atoms with Crippen molar-refractivity contribution in [1.29, 1.82) is 0 Å². The summed E-state index contributed by atoms with van der Waals surface area (Å²) in [6.07, 6.45) is 1.14. The molecule has 0 radical (unpaired) electrons. The van der Waals surface area contributed by atoms with E-state index in [2.05, 4.69) is 5.43 Å². The molecule has 1 rings (SSSR count). The molecule has 100 valence electrons. The van der Waals surface area contributed by atoms with Crippen LogP contribution in [0, 0.1) is 0 Å². The molecule has 1 amide bonds. The van der Waals surface area contributed by atoms with Gasteiger partial charge < -0.3 is 9.47 Å². The molecule has 5 heteroatoms. The number of carbonyl (C=O) groups excluding carboxylic acids is 1. The van der Waals surface area contributed by atoms with Gasteiger partial charge in [-0.3, -0.25) is 10.2 Å². The maximum absolute atomic E-state index is 11.3. The molecule has 0 fully saturated rings. The first kappa shape index (κ1) is 14.3. The predicted molar refractivity (Wildman–Crippen MR) is 69.6 cm³/mol. The second-order valence-electron chi connectivity index (χ2n) is 4.06. The molecule has 0 unspecified atom stereocenters. The van der Waals surface area contributed by atoms with Gasteiger partial charge in [-0.05, 0) is 30.7 Å². The lowest BCUT2D eigenvalue weighted by Gasteiger charge is -2.11. The first-order valence-electron chi connectivity index (χ1n) is 5.85. The molecule has 1 aromatic rings. The maximum atomic E-state index is 11.3. The number of nitrogens with one attached hydrogen (secondary N) is 1. The fraction of sp³-hybridized carbons (Fsp3) is 0.462. The molecule has 0 heterocycles. The standard InChI is InChI=1S/C13H20N2O3/c1-15(2)14-13(16)5-4-10-18-12-8-6-11(17-3)7-9-12/h6-9H,4-5,10H2,1-3H3,(H,14,16). The van der Waals surface area contributed by atoms with Gasteiger partial charge in [0.15, 0.2) is 0 Å². The highest BCUT2D eigenvalue weighted by molar-refractivity contribution is 5.75. The van der Waals surface area contributed by atoms with Crippen LogP contribution in [-0.2, 0) is 4.79 Å². The zero-order valence-electron chi connectivity index (χ0n) is 11.1. The molecule has 0 atom stereocenters. The molecule has 0 bridgehead atoms. The third-order valence-electron chi connectivity index (χ3n) is 2.22. The Morgan fingerprint density at radius 2 is 1.83 bits per heavy atom. The Morgan fingerprint density at radius 3 is 2.39 bits per heavy atom. The normalized spacial score (nSPS) is 10.2. The number of nitrogens with zero attached hydrogens (tertiary/aromatic N) is 1. The number of methoxy groups -OCH3 is 1. The van der Waals surface area contributed by atoms with Crippen molar-refractivity contribution in [2.45, 2.75) is 12.8 Å². The monoisotopic (exact) mass is 252 g/mol. The minimum absolute atomic E-state index is 0.00155. The summed E-state index contributed by atoms with van der Waals surface area (Å²) in [5.74, 6) is 1.58. The molecule has 0 saturated heterocycles. The summed E-state index contributed by atoms with van der Waals surface area (Å²) in [7, 11) is 5.19. The van der Waals surface area contributed by atoms with E-state index < -0.39 is 0 Å². The molecule has 18 heavy (non-hydrogen) atoms. The van der Waals surface area contributed by atoms with E-state index >= 15 is 0 Å². The van der Waals surface area contributed by atoms with Crippen molar-refractivity contribution >= 4 is 5.91 Å². The molecule has 0 aliphatic heterocycles. The minimum atomic E-state index is -0.00155. The van der Waals surface area contributed by atoms with Crippen LogP contribution in [0.4, 0.5) is 0 Å². The van der Waals surface area contributed by atoms with Crippen LogP contribution in [0.3, 0.4) is 0 Å². The summed E-state index contributed by atoms with van der Waals surface area (Å²) in [6, 6.07) is 7.37. The number of rotatable bonds is 7. The SMILES string of the molecule is COc1ccc(OCCCC(=O)NN(C)C)cc1. The van der Waals surface area contributed by atoms with Crippen LogP contribution in [0.2, 0.25) is 0 Å². The van der Waals surface area contributed by atoms with Gasteiger partial charge in [0, 0.05) is 20.5 Å². The van der Waals surface area contributed by atoms with Crippen molar-refractivity contribution in [3.63, 3.8) is 0 Å². The largest absolute Gasteiger partial charge is 0.497 e. The van der Waals surface area contributed by atoms with Crippen LogP contribution in [-0.4, -0.2) is 38.7 Å². The highest BCUT2D eigenvalue weighted by atomic mass is 16.5. The van der Waals surface area contributed by atoms with E-state index in [0.717, 1.165) is 11.5 Å². The van der Waals surface area contributed by atoms with E-state index in [1.165, 1.54) is 0 Å². The molecule has 5 nitrogen and oxygen atoms in total. The van der Waals surface area contributed by atoms with E-state index in [9.17, 15) is 4.79 Å². The highest BCUT2D eigenvalue weighted by Crippen LogP contribution is 2.17. The second kappa shape index (κ2) is 7.55. The molecular weight excluding hydrogens is 232 g/mol. The van der Waals surface area contributed by atoms with Crippen LogP contribution >= 0.6 is 0 Å². The van der Waals surface area contributed by atoms with Crippen molar-refractivity contribution < 1.29 is 14.3 Å². The van der Waals surface area contributed by atoms with Gasteiger partial charge in [-0.15, -0.1) is 0 Å². The Bertz CT molecular complexity index is 363. The zero-order valence-corrected chi connectivity index (χ0v) is 11.1. The molecule has 0 aliphatic carbocycles. The summed E-state index contributed by atoms with van der Waals surface area (Å²) in [6.45, 7) is 0.521. The lowest BCUT2D eigenvalue weighted by molar-refractivity contribution is -0.125. The van der Waals surface area contributed by atoms with Crippen LogP contribution < -0.4 is 14.9 Å². The maximum Gasteiger partial charge on any atom is 0.234 e. The summed E-state index contributed by atoms with van der Waals surface area (Å²) in [5.41, 5.74) is 2.68. The van der Waals surface area contributed by atoms with Gasteiger partial charge in [0.1, 0.15) is 11.5 Å². The zero-order chi connectivity index (χ0) is 13.4. The Balaban J connectivity index is 2.19. The number of hydrazine groups is 1. The van der Waals surface area contributed by atoms with E-state index in [1.54, 1.807) is 26.2 Å². The molecule has 0 spiro atoms. The lowest BCUT2D eigenvalue weighted by atomic mass is 10.3. The third kappa shape index (κ3) is 5.54. The van der Waals surface area contributed by atoms with Crippen molar-refractivity contribution in [1.82, 2.24) is 10.4 Å². The summed E-state index contributed by atoms with van der Waals surface area (Å²) in [5, 5.41) is 1.63. The number of hydrogen-bond acceptors (Lipinski definition) is 4. The summed E-state index contributed by atoms with van der Waals surface area (Å²) < 4.78 is 10.6. The first-order chi connectivity index (χ1) is 8.61. The Hall–Kier alpha value is -1.75. The topological polar surface area (TPSA) is 50.8 Å². The van der Waals surface area contributed by atoms with Gasteiger partial charge in [0.2, 0.25) is 5.91 Å². The van der Waals surface area contributed by atoms with Crippen LogP contribution in [0.1, 0.15) is 12.8 Å². The van der Waals surface area contributed by atoms with Crippen molar-refractivity contribution in [2.24, 2.45) is 0 Å². The number of carbonyl (C=O) groups is 1. The van der Waals surface area contributed by atoms with E-state index in [-0.39, 0.29) is 5.91 Å². The molecular formula is C13H20N2O3. The molecule has 1 aromatic carbocycles. The van der Waals surface area contributed by atoms with E-state index in [1.807, 2.05) is 24.3 Å². The predicted octanol–water partition coefficient (Wildman–Crippen LogP) is 1.45. The van der Waals surface area contributed by atoms with Crippen molar-refractivity contribution in [3.8, 4) is 11.5 Å². The molecule has 0 saturated carbocycles. The quantitative estimate of drug-likeness (QED) is 0.589. The van der Waals surface area contributed by atoms with Gasteiger partial charge >= 0.3 is 0 Å². The van der Waals surface area contributed by atoms with Crippen LogP contribution in [0.15, 0.2) is 24.3 Å². The molecule has 0 aliphatic rings. The highest BCUT2D eigenvalue weighted by Gasteiger charge is 2.02. The van der Waals surface area contributed by atoms with E-state index in [4.69, 9.17) is 9.47 Å². The Labute approximate surface area is 108 Å². The molecule has 0 aromatic heterocycles. The summed E-state index contributed by atoms with van der Waals surface area (Å²) >= 11 is 0. The van der Waals surface area contributed by atoms with Gasteiger partial charge in [0.05, 0.1) is 13.7 Å². The number of hydrogen-bond donors (Lipinski definition) is 1. The van der Waals surface area contributed by atoms with Gasteiger partial charge in [-0.25, -0.2) is 5.01 Å². The Morgan fingerprint density at radius 1 is 1.22 bits per heavy atom. The average molecular weight is 252 g/mol. The number of ether oxygens (including phenoxy) is 2. The van der Waals surface area contributed by atoms with Gasteiger partial charge in [0.25, 0.3) is 0 Å².